The largest absolute Gasteiger partial charge is 0.312 e. The van der Waals surface area contributed by atoms with Crippen LogP contribution in [0, 0.1) is 0 Å². The molecule has 1 fully saturated rings. The van der Waals surface area contributed by atoms with Gasteiger partial charge in [-0.3, -0.25) is 4.79 Å². The summed E-state index contributed by atoms with van der Waals surface area (Å²) < 4.78 is 0. The molecule has 0 saturated carbocycles. The van der Waals surface area contributed by atoms with Crippen LogP contribution in [0.25, 0.3) is 11.1 Å². The number of benzene rings is 2. The van der Waals surface area contributed by atoms with Crippen LogP contribution in [0.3, 0.4) is 0 Å². The molecular weight excluding hydrogens is 258 g/mol. The molecule has 2 nitrogen and oxygen atoms in total. The van der Waals surface area contributed by atoms with E-state index in [0.717, 1.165) is 37.9 Å². The fourth-order valence-corrected chi connectivity index (χ4v) is 3.63. The number of rotatable bonds is 1. The number of anilines is 1. The van der Waals surface area contributed by atoms with Gasteiger partial charge in [-0.2, -0.15) is 0 Å². The number of hydrogen-bond acceptors (Lipinski definition) is 1. The number of carbonyl (C=O) groups is 1. The van der Waals surface area contributed by atoms with Gasteiger partial charge >= 0.3 is 0 Å². The van der Waals surface area contributed by atoms with Gasteiger partial charge in [0, 0.05) is 25.1 Å². The highest BCUT2D eigenvalue weighted by Crippen LogP contribution is 2.41. The average molecular weight is 277 g/mol. The Morgan fingerprint density at radius 1 is 0.857 bits per heavy atom. The second kappa shape index (κ2) is 5.03. The zero-order chi connectivity index (χ0) is 14.2. The number of nitrogens with zero attached hydrogens (tertiary/aromatic N) is 1. The van der Waals surface area contributed by atoms with Crippen molar-refractivity contribution in [3.63, 3.8) is 0 Å². The van der Waals surface area contributed by atoms with E-state index in [0.29, 0.717) is 6.42 Å². The van der Waals surface area contributed by atoms with E-state index in [1.54, 1.807) is 0 Å². The first-order chi connectivity index (χ1) is 10.3. The molecule has 2 heteroatoms. The number of carbonyl (C=O) groups excluding carboxylic acids is 1. The first kappa shape index (κ1) is 12.6. The van der Waals surface area contributed by atoms with Crippen LogP contribution in [0.5, 0.6) is 0 Å². The standard InChI is InChI=1S/C19H19NO/c21-19-11-2-1-5-12-20(19)18-10-6-9-16-15-8-4-3-7-14(15)13-17(16)18/h3-4,6-10H,1-2,5,11-13H2. The van der Waals surface area contributed by atoms with Crippen molar-refractivity contribution in [3.05, 3.63) is 53.6 Å². The van der Waals surface area contributed by atoms with Gasteiger partial charge in [0.2, 0.25) is 5.91 Å². The molecule has 0 bridgehead atoms. The van der Waals surface area contributed by atoms with Crippen molar-refractivity contribution in [2.24, 2.45) is 0 Å². The fraction of sp³-hybridized carbons (Fsp3) is 0.316. The molecular formula is C19H19NO. The Morgan fingerprint density at radius 3 is 2.67 bits per heavy atom. The summed E-state index contributed by atoms with van der Waals surface area (Å²) in [5, 5.41) is 0. The third-order valence-electron chi connectivity index (χ3n) is 4.69. The molecule has 1 amide bonds. The summed E-state index contributed by atoms with van der Waals surface area (Å²) in [5.74, 6) is 0.289. The van der Waals surface area contributed by atoms with E-state index in [9.17, 15) is 4.79 Å². The molecule has 0 unspecified atom stereocenters. The van der Waals surface area contributed by atoms with Crippen molar-refractivity contribution < 1.29 is 4.79 Å². The van der Waals surface area contributed by atoms with Crippen LogP contribution in [0.1, 0.15) is 36.8 Å². The summed E-state index contributed by atoms with van der Waals surface area (Å²) >= 11 is 0. The van der Waals surface area contributed by atoms with Crippen molar-refractivity contribution in [2.45, 2.75) is 32.1 Å². The topological polar surface area (TPSA) is 20.3 Å². The zero-order valence-electron chi connectivity index (χ0n) is 12.1. The van der Waals surface area contributed by atoms with Crippen LogP contribution < -0.4 is 4.90 Å². The second-order valence-electron chi connectivity index (χ2n) is 5.99. The van der Waals surface area contributed by atoms with Crippen LogP contribution in [0.15, 0.2) is 42.5 Å². The van der Waals surface area contributed by atoms with Crippen LogP contribution in [0.4, 0.5) is 5.69 Å². The highest BCUT2D eigenvalue weighted by molar-refractivity contribution is 5.96. The highest BCUT2D eigenvalue weighted by atomic mass is 16.2. The Labute approximate surface area is 125 Å². The SMILES string of the molecule is O=C1CCCCCN1c1cccc2c1Cc1ccccc1-2. The molecule has 2 aromatic rings. The van der Waals surface area contributed by atoms with Crippen LogP contribution in [-0.4, -0.2) is 12.5 Å². The van der Waals surface area contributed by atoms with E-state index in [-0.39, 0.29) is 5.91 Å². The third-order valence-corrected chi connectivity index (χ3v) is 4.69. The lowest BCUT2D eigenvalue weighted by molar-refractivity contribution is -0.118. The zero-order valence-corrected chi connectivity index (χ0v) is 12.1. The minimum atomic E-state index is 0.289. The second-order valence-corrected chi connectivity index (χ2v) is 5.99. The van der Waals surface area contributed by atoms with E-state index in [1.807, 2.05) is 4.90 Å². The molecule has 0 spiro atoms. The minimum Gasteiger partial charge on any atom is -0.312 e. The van der Waals surface area contributed by atoms with E-state index in [1.165, 1.54) is 22.3 Å². The van der Waals surface area contributed by atoms with Gasteiger partial charge in [0.05, 0.1) is 0 Å². The first-order valence-electron chi connectivity index (χ1n) is 7.85. The summed E-state index contributed by atoms with van der Waals surface area (Å²) in [7, 11) is 0. The quantitative estimate of drug-likeness (QED) is 0.654. The maximum absolute atomic E-state index is 12.4. The lowest BCUT2D eigenvalue weighted by atomic mass is 10.0. The smallest absolute Gasteiger partial charge is 0.226 e. The van der Waals surface area contributed by atoms with Crippen molar-refractivity contribution in [2.75, 3.05) is 11.4 Å². The maximum atomic E-state index is 12.4. The van der Waals surface area contributed by atoms with E-state index in [2.05, 4.69) is 42.5 Å². The van der Waals surface area contributed by atoms with Crippen LogP contribution in [0.2, 0.25) is 0 Å². The first-order valence-corrected chi connectivity index (χ1v) is 7.85. The summed E-state index contributed by atoms with van der Waals surface area (Å²) in [6.45, 7) is 0.867. The fourth-order valence-electron chi connectivity index (χ4n) is 3.63. The van der Waals surface area contributed by atoms with E-state index >= 15 is 0 Å². The van der Waals surface area contributed by atoms with Gasteiger partial charge < -0.3 is 4.90 Å². The monoisotopic (exact) mass is 277 g/mol. The van der Waals surface area contributed by atoms with Gasteiger partial charge in [0.15, 0.2) is 0 Å². The van der Waals surface area contributed by atoms with Gasteiger partial charge in [-0.05, 0) is 41.2 Å². The van der Waals surface area contributed by atoms with Gasteiger partial charge in [-0.15, -0.1) is 0 Å². The molecule has 106 valence electrons. The molecule has 1 aliphatic carbocycles. The summed E-state index contributed by atoms with van der Waals surface area (Å²) in [5.41, 5.74) is 6.48. The van der Waals surface area contributed by atoms with Gasteiger partial charge in [-0.1, -0.05) is 42.8 Å². The Kier molecular flexibility index (Phi) is 3.03. The molecule has 0 N–H and O–H groups in total. The summed E-state index contributed by atoms with van der Waals surface area (Å²) in [6.07, 6.45) is 4.95. The molecule has 1 aliphatic heterocycles. The molecule has 4 rings (SSSR count). The molecule has 0 atom stereocenters. The lowest BCUT2D eigenvalue weighted by Crippen LogP contribution is -2.30. The van der Waals surface area contributed by atoms with Gasteiger partial charge in [0.25, 0.3) is 0 Å². The van der Waals surface area contributed by atoms with Crippen molar-refractivity contribution >= 4 is 11.6 Å². The molecule has 2 aromatic carbocycles. The normalized spacial score (nSPS) is 17.3. The van der Waals surface area contributed by atoms with Gasteiger partial charge in [0.1, 0.15) is 0 Å². The van der Waals surface area contributed by atoms with Crippen molar-refractivity contribution in [3.8, 4) is 11.1 Å². The maximum Gasteiger partial charge on any atom is 0.226 e. The van der Waals surface area contributed by atoms with Crippen LogP contribution in [-0.2, 0) is 11.2 Å². The number of hydrogen-bond donors (Lipinski definition) is 0. The van der Waals surface area contributed by atoms with Gasteiger partial charge in [-0.25, -0.2) is 0 Å². The number of fused-ring (bicyclic) bond motifs is 3. The summed E-state index contributed by atoms with van der Waals surface area (Å²) in [4.78, 5) is 14.4. The lowest BCUT2D eigenvalue weighted by Gasteiger charge is -2.23. The molecule has 21 heavy (non-hydrogen) atoms. The number of amides is 1. The van der Waals surface area contributed by atoms with Crippen molar-refractivity contribution in [1.29, 1.82) is 0 Å². The summed E-state index contributed by atoms with van der Waals surface area (Å²) in [6, 6.07) is 15.0. The van der Waals surface area contributed by atoms with Crippen molar-refractivity contribution in [1.82, 2.24) is 0 Å². The Bertz CT molecular complexity index is 704. The third kappa shape index (κ3) is 2.06. The Morgan fingerprint density at radius 2 is 1.71 bits per heavy atom. The molecule has 2 aliphatic rings. The van der Waals surface area contributed by atoms with E-state index < -0.39 is 0 Å². The molecule has 0 aromatic heterocycles. The predicted octanol–water partition coefficient (Wildman–Crippen LogP) is 4.16. The minimum absolute atomic E-state index is 0.289. The molecule has 0 radical (unpaired) electrons. The van der Waals surface area contributed by atoms with E-state index in [4.69, 9.17) is 0 Å². The molecule has 1 saturated heterocycles. The Hall–Kier alpha value is -2.09. The highest BCUT2D eigenvalue weighted by Gasteiger charge is 2.26. The Balaban J connectivity index is 1.80. The molecule has 1 heterocycles. The average Bonchev–Trinajstić information content (AvgIpc) is 2.76. The predicted molar refractivity (Wildman–Crippen MR) is 85.5 cm³/mol. The van der Waals surface area contributed by atoms with Crippen LogP contribution >= 0.6 is 0 Å².